The molecule has 1 unspecified atom stereocenters. The molecule has 1 aliphatic rings. The molecule has 21 heavy (non-hydrogen) atoms. The van der Waals surface area contributed by atoms with Crippen molar-refractivity contribution in [3.8, 4) is 0 Å². The summed E-state index contributed by atoms with van der Waals surface area (Å²) in [7, 11) is 1.80. The van der Waals surface area contributed by atoms with Gasteiger partial charge in [0.05, 0.1) is 6.61 Å². The average Bonchev–Trinajstić information content (AvgIpc) is 3.26. The van der Waals surface area contributed by atoms with E-state index >= 15 is 0 Å². The Hall–Kier alpha value is -1.11. The molecule has 1 aromatic carbocycles. The number of benzene rings is 1. The van der Waals surface area contributed by atoms with Gasteiger partial charge in [-0.1, -0.05) is 0 Å². The monoisotopic (exact) mass is 302 g/mol. The second kappa shape index (κ2) is 7.24. The SMILES string of the molecule is CN(CCOCC1CC1)C(CN)c1cc(F)c(F)c(F)c1. The van der Waals surface area contributed by atoms with Crippen LogP contribution in [0.4, 0.5) is 13.2 Å². The molecule has 1 saturated carbocycles. The maximum Gasteiger partial charge on any atom is 0.194 e. The van der Waals surface area contributed by atoms with Gasteiger partial charge < -0.3 is 10.5 Å². The molecule has 2 rings (SSSR count). The molecule has 0 heterocycles. The van der Waals surface area contributed by atoms with Gasteiger partial charge in [-0.3, -0.25) is 4.90 Å². The van der Waals surface area contributed by atoms with E-state index in [2.05, 4.69) is 0 Å². The first kappa shape index (κ1) is 16.3. The summed E-state index contributed by atoms with van der Waals surface area (Å²) < 4.78 is 45.1. The molecule has 2 N–H and O–H groups in total. The van der Waals surface area contributed by atoms with E-state index in [4.69, 9.17) is 10.5 Å². The van der Waals surface area contributed by atoms with Crippen LogP contribution in [0, 0.1) is 23.4 Å². The molecule has 0 aliphatic heterocycles. The Balaban J connectivity index is 1.93. The number of hydrogen-bond acceptors (Lipinski definition) is 3. The largest absolute Gasteiger partial charge is 0.380 e. The maximum absolute atomic E-state index is 13.3. The van der Waals surface area contributed by atoms with E-state index in [1.165, 1.54) is 12.8 Å². The van der Waals surface area contributed by atoms with Crippen LogP contribution in [-0.4, -0.2) is 38.3 Å². The number of likely N-dealkylation sites (N-methyl/N-ethyl adjacent to an activating group) is 1. The maximum atomic E-state index is 13.3. The van der Waals surface area contributed by atoms with Crippen LogP contribution in [0.1, 0.15) is 24.4 Å². The van der Waals surface area contributed by atoms with Gasteiger partial charge in [-0.2, -0.15) is 0 Å². The number of rotatable bonds is 8. The smallest absolute Gasteiger partial charge is 0.194 e. The molecule has 0 bridgehead atoms. The highest BCUT2D eigenvalue weighted by molar-refractivity contribution is 5.23. The number of ether oxygens (including phenoxy) is 1. The van der Waals surface area contributed by atoms with Gasteiger partial charge in [0.1, 0.15) is 0 Å². The molecule has 0 radical (unpaired) electrons. The van der Waals surface area contributed by atoms with Gasteiger partial charge in [0.15, 0.2) is 17.5 Å². The van der Waals surface area contributed by atoms with Gasteiger partial charge in [0.2, 0.25) is 0 Å². The van der Waals surface area contributed by atoms with Crippen molar-refractivity contribution in [1.29, 1.82) is 0 Å². The normalized spacial score (nSPS) is 16.5. The van der Waals surface area contributed by atoms with Crippen molar-refractivity contribution in [2.24, 2.45) is 11.7 Å². The molecular formula is C15H21F3N2O. The third kappa shape index (κ3) is 4.43. The molecular weight excluding hydrogens is 281 g/mol. The Morgan fingerprint density at radius 1 is 1.29 bits per heavy atom. The highest BCUT2D eigenvalue weighted by Crippen LogP contribution is 2.28. The predicted octanol–water partition coefficient (Wildman–Crippen LogP) is 2.46. The van der Waals surface area contributed by atoms with Crippen molar-refractivity contribution in [3.63, 3.8) is 0 Å². The molecule has 118 valence electrons. The van der Waals surface area contributed by atoms with E-state index in [9.17, 15) is 13.2 Å². The second-order valence-corrected chi connectivity index (χ2v) is 5.55. The molecule has 0 amide bonds. The summed E-state index contributed by atoms with van der Waals surface area (Å²) in [5, 5.41) is 0. The van der Waals surface area contributed by atoms with E-state index in [1.54, 1.807) is 7.05 Å². The minimum atomic E-state index is -1.45. The topological polar surface area (TPSA) is 38.5 Å². The molecule has 1 aliphatic carbocycles. The predicted molar refractivity (Wildman–Crippen MR) is 74.3 cm³/mol. The van der Waals surface area contributed by atoms with Crippen LogP contribution < -0.4 is 5.73 Å². The lowest BCUT2D eigenvalue weighted by Gasteiger charge is -2.27. The van der Waals surface area contributed by atoms with Crippen molar-refractivity contribution in [1.82, 2.24) is 4.90 Å². The van der Waals surface area contributed by atoms with Crippen molar-refractivity contribution < 1.29 is 17.9 Å². The molecule has 6 heteroatoms. The molecule has 0 aromatic heterocycles. The lowest BCUT2D eigenvalue weighted by Crippen LogP contribution is -2.33. The Labute approximate surface area is 122 Å². The average molecular weight is 302 g/mol. The number of halogens is 3. The lowest BCUT2D eigenvalue weighted by atomic mass is 10.1. The summed E-state index contributed by atoms with van der Waals surface area (Å²) in [5.74, 6) is -3.14. The van der Waals surface area contributed by atoms with Crippen molar-refractivity contribution in [2.45, 2.75) is 18.9 Å². The Morgan fingerprint density at radius 3 is 2.43 bits per heavy atom. The summed E-state index contributed by atoms with van der Waals surface area (Å²) in [6.07, 6.45) is 2.46. The van der Waals surface area contributed by atoms with Crippen molar-refractivity contribution >= 4 is 0 Å². The minimum absolute atomic E-state index is 0.184. The standard InChI is InChI=1S/C15H21F3N2O/c1-20(4-5-21-9-10-2-3-10)14(8-19)11-6-12(16)15(18)13(17)7-11/h6-7,10,14H,2-5,8-9,19H2,1H3. The molecule has 1 atom stereocenters. The number of nitrogens with two attached hydrogens (primary N) is 1. The first-order chi connectivity index (χ1) is 10.0. The van der Waals surface area contributed by atoms with Gasteiger partial charge in [0, 0.05) is 25.7 Å². The highest BCUT2D eigenvalue weighted by Gasteiger charge is 2.22. The van der Waals surface area contributed by atoms with Crippen LogP contribution in [0.5, 0.6) is 0 Å². The van der Waals surface area contributed by atoms with E-state index in [-0.39, 0.29) is 12.6 Å². The molecule has 1 fully saturated rings. The Kier molecular flexibility index (Phi) is 5.61. The van der Waals surface area contributed by atoms with Crippen molar-refractivity contribution in [3.05, 3.63) is 35.1 Å². The van der Waals surface area contributed by atoms with Gasteiger partial charge >= 0.3 is 0 Å². The van der Waals surface area contributed by atoms with Crippen LogP contribution in [0.15, 0.2) is 12.1 Å². The van der Waals surface area contributed by atoms with E-state index in [0.717, 1.165) is 18.7 Å². The third-order valence-electron chi connectivity index (χ3n) is 3.79. The fraction of sp³-hybridized carbons (Fsp3) is 0.600. The minimum Gasteiger partial charge on any atom is -0.380 e. The number of hydrogen-bond donors (Lipinski definition) is 1. The third-order valence-corrected chi connectivity index (χ3v) is 3.79. The summed E-state index contributed by atoms with van der Waals surface area (Å²) in [5.41, 5.74) is 6.02. The summed E-state index contributed by atoms with van der Waals surface area (Å²) in [6.45, 7) is 2.08. The zero-order valence-electron chi connectivity index (χ0n) is 12.1. The van der Waals surface area contributed by atoms with E-state index < -0.39 is 17.5 Å². The molecule has 0 saturated heterocycles. The summed E-state index contributed by atoms with van der Waals surface area (Å²) in [6, 6.07) is 1.62. The van der Waals surface area contributed by atoms with E-state index in [0.29, 0.717) is 24.6 Å². The van der Waals surface area contributed by atoms with Gasteiger partial charge in [0.25, 0.3) is 0 Å². The van der Waals surface area contributed by atoms with Gasteiger partial charge in [-0.05, 0) is 43.5 Å². The first-order valence-electron chi connectivity index (χ1n) is 7.15. The Bertz CT molecular complexity index is 457. The van der Waals surface area contributed by atoms with Crippen LogP contribution in [-0.2, 0) is 4.74 Å². The quantitative estimate of drug-likeness (QED) is 0.592. The number of nitrogens with zero attached hydrogens (tertiary/aromatic N) is 1. The van der Waals surface area contributed by atoms with Crippen LogP contribution in [0.3, 0.4) is 0 Å². The van der Waals surface area contributed by atoms with Gasteiger partial charge in [-0.15, -0.1) is 0 Å². The zero-order chi connectivity index (χ0) is 15.4. The zero-order valence-corrected chi connectivity index (χ0v) is 12.1. The fourth-order valence-corrected chi connectivity index (χ4v) is 2.24. The van der Waals surface area contributed by atoms with Crippen LogP contribution in [0.2, 0.25) is 0 Å². The summed E-state index contributed by atoms with van der Waals surface area (Å²) in [4.78, 5) is 1.86. The second-order valence-electron chi connectivity index (χ2n) is 5.55. The van der Waals surface area contributed by atoms with Crippen LogP contribution in [0.25, 0.3) is 0 Å². The summed E-state index contributed by atoms with van der Waals surface area (Å²) >= 11 is 0. The highest BCUT2D eigenvalue weighted by atomic mass is 19.2. The van der Waals surface area contributed by atoms with E-state index in [1.807, 2.05) is 4.90 Å². The first-order valence-corrected chi connectivity index (χ1v) is 7.15. The fourth-order valence-electron chi connectivity index (χ4n) is 2.24. The van der Waals surface area contributed by atoms with Crippen LogP contribution >= 0.6 is 0 Å². The van der Waals surface area contributed by atoms with Gasteiger partial charge in [-0.25, -0.2) is 13.2 Å². The Morgan fingerprint density at radius 2 is 1.90 bits per heavy atom. The lowest BCUT2D eigenvalue weighted by molar-refractivity contribution is 0.0921. The molecule has 1 aromatic rings. The van der Waals surface area contributed by atoms with Crippen molar-refractivity contribution in [2.75, 3.05) is 33.4 Å². The molecule has 3 nitrogen and oxygen atoms in total. The molecule has 0 spiro atoms.